The number of aryl methyl sites for hydroxylation is 1. The zero-order valence-electron chi connectivity index (χ0n) is 12.4. The lowest BCUT2D eigenvalue weighted by Crippen LogP contribution is -1.97. The minimum absolute atomic E-state index is 0.0753. The molecule has 0 unspecified atom stereocenters. The fourth-order valence-corrected chi connectivity index (χ4v) is 2.31. The van der Waals surface area contributed by atoms with E-state index in [1.807, 2.05) is 25.1 Å². The van der Waals surface area contributed by atoms with Crippen molar-refractivity contribution in [3.05, 3.63) is 53.6 Å². The second-order valence-corrected chi connectivity index (χ2v) is 5.31. The Morgan fingerprint density at radius 2 is 1.87 bits per heavy atom. The maximum Gasteiger partial charge on any atom is 0.269 e. The van der Waals surface area contributed by atoms with Crippen molar-refractivity contribution in [2.24, 2.45) is 10.2 Å². The highest BCUT2D eigenvalue weighted by molar-refractivity contribution is 5.94. The van der Waals surface area contributed by atoms with Gasteiger partial charge < -0.3 is 15.2 Å². The third-order valence-corrected chi connectivity index (χ3v) is 3.46. The van der Waals surface area contributed by atoms with Crippen molar-refractivity contribution in [2.75, 3.05) is 0 Å². The first-order valence-electron chi connectivity index (χ1n) is 7.07. The third kappa shape index (κ3) is 3.21. The summed E-state index contributed by atoms with van der Waals surface area (Å²) in [5, 5.41) is 27.4. The summed E-state index contributed by atoms with van der Waals surface area (Å²) in [4.78, 5) is 14.7. The van der Waals surface area contributed by atoms with Crippen molar-refractivity contribution in [3.63, 3.8) is 0 Å². The number of aromatic amines is 1. The van der Waals surface area contributed by atoms with Crippen LogP contribution in [0.3, 0.4) is 0 Å². The van der Waals surface area contributed by atoms with Gasteiger partial charge in [0.25, 0.3) is 5.91 Å². The van der Waals surface area contributed by atoms with Crippen LogP contribution in [-0.2, 0) is 11.2 Å². The highest BCUT2D eigenvalue weighted by atomic mass is 16.3. The van der Waals surface area contributed by atoms with Crippen molar-refractivity contribution in [1.29, 1.82) is 0 Å². The van der Waals surface area contributed by atoms with E-state index in [9.17, 15) is 15.0 Å². The fraction of sp³-hybridized carbons (Fsp3) is 0.118. The van der Waals surface area contributed by atoms with E-state index in [-0.39, 0.29) is 23.7 Å². The van der Waals surface area contributed by atoms with Gasteiger partial charge in [-0.25, -0.2) is 0 Å². The quantitative estimate of drug-likeness (QED) is 0.643. The maximum absolute atomic E-state index is 11.9. The lowest BCUT2D eigenvalue weighted by atomic mass is 10.1. The summed E-state index contributed by atoms with van der Waals surface area (Å²) in [6.45, 7) is 1.93. The molecule has 1 amide bonds. The molecule has 0 aliphatic rings. The Kier molecular flexibility index (Phi) is 3.80. The number of aromatic hydroxyl groups is 2. The zero-order chi connectivity index (χ0) is 16.4. The van der Waals surface area contributed by atoms with Gasteiger partial charge in [-0.15, -0.1) is 10.2 Å². The first-order valence-corrected chi connectivity index (χ1v) is 7.07. The average Bonchev–Trinajstić information content (AvgIpc) is 2.82. The molecular weight excluding hydrogens is 294 g/mol. The van der Waals surface area contributed by atoms with Crippen LogP contribution in [0.4, 0.5) is 5.69 Å². The number of nitrogens with zero attached hydrogens (tertiary/aromatic N) is 2. The molecule has 23 heavy (non-hydrogen) atoms. The summed E-state index contributed by atoms with van der Waals surface area (Å²) in [6, 6.07) is 11.9. The zero-order valence-corrected chi connectivity index (χ0v) is 12.4. The maximum atomic E-state index is 11.9. The van der Waals surface area contributed by atoms with Gasteiger partial charge in [0, 0.05) is 5.39 Å². The number of phenols is 1. The Balaban J connectivity index is 1.82. The van der Waals surface area contributed by atoms with E-state index in [0.29, 0.717) is 5.39 Å². The van der Waals surface area contributed by atoms with Crippen LogP contribution >= 0.6 is 0 Å². The molecule has 6 heteroatoms. The number of fused-ring (bicyclic) bond motifs is 1. The number of H-pyrrole nitrogens is 1. The standard InChI is InChI=1S/C17H15N3O3/c1-10-2-7-14-13(8-10)16(17(23)18-14)20-19-15(22)9-11-3-5-12(21)6-4-11/h2-8,18,21,23H,9H2,1H3. The Morgan fingerprint density at radius 3 is 2.61 bits per heavy atom. The summed E-state index contributed by atoms with van der Waals surface area (Å²) < 4.78 is 0. The summed E-state index contributed by atoms with van der Waals surface area (Å²) >= 11 is 0. The van der Waals surface area contributed by atoms with Gasteiger partial charge in [0.2, 0.25) is 5.88 Å². The van der Waals surface area contributed by atoms with Crippen LogP contribution in [0.15, 0.2) is 52.7 Å². The molecule has 3 N–H and O–H groups in total. The molecule has 0 spiro atoms. The number of phenolic OH excluding ortho intramolecular Hbond substituents is 1. The topological polar surface area (TPSA) is 98.0 Å². The predicted molar refractivity (Wildman–Crippen MR) is 86.0 cm³/mol. The first kappa shape index (κ1) is 14.8. The van der Waals surface area contributed by atoms with Crippen molar-refractivity contribution in [3.8, 4) is 11.6 Å². The van der Waals surface area contributed by atoms with Crippen molar-refractivity contribution in [2.45, 2.75) is 13.3 Å². The van der Waals surface area contributed by atoms with Crippen LogP contribution in [0.5, 0.6) is 11.6 Å². The van der Waals surface area contributed by atoms with Crippen molar-refractivity contribution < 1.29 is 15.0 Å². The van der Waals surface area contributed by atoms with Gasteiger partial charge in [0.05, 0.1) is 11.9 Å². The lowest BCUT2D eigenvalue weighted by Gasteiger charge is -1.97. The molecule has 1 aromatic heterocycles. The second kappa shape index (κ2) is 5.92. The van der Waals surface area contributed by atoms with E-state index in [1.54, 1.807) is 12.1 Å². The highest BCUT2D eigenvalue weighted by Gasteiger charge is 2.11. The number of amides is 1. The molecule has 0 atom stereocenters. The molecule has 1 heterocycles. The molecule has 0 saturated carbocycles. The smallest absolute Gasteiger partial charge is 0.269 e. The monoisotopic (exact) mass is 309 g/mol. The summed E-state index contributed by atoms with van der Waals surface area (Å²) in [5.74, 6) is -0.411. The van der Waals surface area contributed by atoms with Gasteiger partial charge in [-0.05, 0) is 36.8 Å². The number of nitrogens with one attached hydrogen (secondary N) is 1. The van der Waals surface area contributed by atoms with E-state index in [1.165, 1.54) is 12.1 Å². The van der Waals surface area contributed by atoms with Crippen molar-refractivity contribution >= 4 is 22.5 Å². The highest BCUT2D eigenvalue weighted by Crippen LogP contribution is 2.35. The van der Waals surface area contributed by atoms with E-state index in [0.717, 1.165) is 16.6 Å². The Hall–Kier alpha value is -3.15. The van der Waals surface area contributed by atoms with E-state index >= 15 is 0 Å². The van der Waals surface area contributed by atoms with Crippen LogP contribution < -0.4 is 0 Å². The SMILES string of the molecule is Cc1ccc2[nH]c(O)c(N=NC(=O)Cc3ccc(O)cc3)c2c1. The normalized spacial score (nSPS) is 11.3. The molecule has 0 aliphatic heterocycles. The minimum atomic E-state index is -0.433. The average molecular weight is 309 g/mol. The van der Waals surface area contributed by atoms with Gasteiger partial charge >= 0.3 is 0 Å². The second-order valence-electron chi connectivity index (χ2n) is 5.31. The molecular formula is C17H15N3O3. The molecule has 0 saturated heterocycles. The number of azo groups is 1. The Bertz CT molecular complexity index is 895. The number of hydrogen-bond donors (Lipinski definition) is 3. The van der Waals surface area contributed by atoms with E-state index in [2.05, 4.69) is 15.2 Å². The van der Waals surface area contributed by atoms with Gasteiger partial charge in [-0.3, -0.25) is 4.79 Å². The number of hydrogen-bond acceptors (Lipinski definition) is 4. The predicted octanol–water partition coefficient (Wildman–Crippen LogP) is 3.74. The van der Waals surface area contributed by atoms with Crippen LogP contribution in [0, 0.1) is 6.92 Å². The van der Waals surface area contributed by atoms with Crippen LogP contribution in [0.2, 0.25) is 0 Å². The first-order chi connectivity index (χ1) is 11.0. The molecule has 116 valence electrons. The number of aromatic nitrogens is 1. The summed E-state index contributed by atoms with van der Waals surface area (Å²) in [6.07, 6.45) is 0.0753. The third-order valence-electron chi connectivity index (χ3n) is 3.46. The molecule has 3 rings (SSSR count). The van der Waals surface area contributed by atoms with Gasteiger partial charge in [-0.1, -0.05) is 23.8 Å². The van der Waals surface area contributed by atoms with E-state index < -0.39 is 5.91 Å². The molecule has 0 aliphatic carbocycles. The van der Waals surface area contributed by atoms with Crippen LogP contribution in [-0.4, -0.2) is 21.1 Å². The molecule has 0 radical (unpaired) electrons. The minimum Gasteiger partial charge on any atom is -0.508 e. The molecule has 2 aromatic carbocycles. The fourth-order valence-electron chi connectivity index (χ4n) is 2.31. The number of carbonyl (C=O) groups is 1. The van der Waals surface area contributed by atoms with Crippen molar-refractivity contribution in [1.82, 2.24) is 4.98 Å². The Labute approximate surface area is 132 Å². The largest absolute Gasteiger partial charge is 0.508 e. The number of rotatable bonds is 3. The molecule has 0 bridgehead atoms. The Morgan fingerprint density at radius 1 is 1.13 bits per heavy atom. The lowest BCUT2D eigenvalue weighted by molar-refractivity contribution is -0.117. The van der Waals surface area contributed by atoms with E-state index in [4.69, 9.17) is 0 Å². The van der Waals surface area contributed by atoms with Crippen LogP contribution in [0.1, 0.15) is 11.1 Å². The molecule has 3 aromatic rings. The molecule has 0 fully saturated rings. The number of carbonyl (C=O) groups excluding carboxylic acids is 1. The van der Waals surface area contributed by atoms with Crippen LogP contribution in [0.25, 0.3) is 10.9 Å². The molecule has 6 nitrogen and oxygen atoms in total. The summed E-state index contributed by atoms with van der Waals surface area (Å²) in [7, 11) is 0. The summed E-state index contributed by atoms with van der Waals surface area (Å²) in [5.41, 5.74) is 2.73. The van der Waals surface area contributed by atoms with Gasteiger partial charge in [0.15, 0.2) is 5.69 Å². The van der Waals surface area contributed by atoms with Gasteiger partial charge in [-0.2, -0.15) is 0 Å². The van der Waals surface area contributed by atoms with Gasteiger partial charge in [0.1, 0.15) is 5.75 Å². The number of benzene rings is 2.